The second-order valence-corrected chi connectivity index (χ2v) is 12.7. The molecule has 45 heavy (non-hydrogen) atoms. The van der Waals surface area contributed by atoms with E-state index in [1.54, 1.807) is 25.1 Å². The molecule has 2 aliphatic heterocycles. The first kappa shape index (κ1) is 32.9. The molecule has 3 aromatic carbocycles. The third-order valence-electron chi connectivity index (χ3n) is 9.69. The van der Waals surface area contributed by atoms with Crippen molar-refractivity contribution >= 4 is 29.3 Å². The van der Waals surface area contributed by atoms with Crippen molar-refractivity contribution in [3.05, 3.63) is 107 Å². The second-order valence-electron chi connectivity index (χ2n) is 12.3. The Hall–Kier alpha value is -3.52. The molecule has 8 heteroatoms. The van der Waals surface area contributed by atoms with Gasteiger partial charge in [0.15, 0.2) is 0 Å². The number of benzene rings is 3. The summed E-state index contributed by atoms with van der Waals surface area (Å²) in [6.45, 7) is 5.54. The summed E-state index contributed by atoms with van der Waals surface area (Å²) in [5.74, 6) is -4.36. The van der Waals surface area contributed by atoms with Crippen LogP contribution in [0.2, 0.25) is 5.02 Å². The van der Waals surface area contributed by atoms with Gasteiger partial charge in [-0.1, -0.05) is 90.8 Å². The van der Waals surface area contributed by atoms with Crippen molar-refractivity contribution in [2.75, 3.05) is 19.7 Å². The molecule has 0 aliphatic carbocycles. The van der Waals surface area contributed by atoms with E-state index in [0.717, 1.165) is 43.5 Å². The van der Waals surface area contributed by atoms with Gasteiger partial charge in [-0.25, -0.2) is 0 Å². The van der Waals surface area contributed by atoms with Gasteiger partial charge in [-0.05, 0) is 68.4 Å². The highest BCUT2D eigenvalue weighted by Crippen LogP contribution is 2.55. The molecule has 0 aromatic heterocycles. The lowest BCUT2D eigenvalue weighted by atomic mass is 9.56. The second kappa shape index (κ2) is 14.7. The Balaban J connectivity index is 1.72. The largest absolute Gasteiger partial charge is 0.481 e. The number of rotatable bonds is 12. The van der Waals surface area contributed by atoms with Gasteiger partial charge in [-0.3, -0.25) is 19.5 Å². The molecule has 2 aliphatic rings. The quantitative estimate of drug-likeness (QED) is 0.215. The molecule has 2 N–H and O–H groups in total. The van der Waals surface area contributed by atoms with Crippen LogP contribution >= 0.6 is 11.6 Å². The van der Waals surface area contributed by atoms with E-state index in [1.807, 2.05) is 49.4 Å². The summed E-state index contributed by atoms with van der Waals surface area (Å²) in [5, 5.41) is 22.7. The van der Waals surface area contributed by atoms with E-state index in [-0.39, 0.29) is 12.3 Å². The average Bonchev–Trinajstić information content (AvgIpc) is 3.05. The third-order valence-corrected chi connectivity index (χ3v) is 9.92. The highest BCUT2D eigenvalue weighted by Gasteiger charge is 2.62. The SMILES string of the molecule is CCOC(C1N=C(C)C(C(=O)O)C(c2cccc(Cl)c2)C1(CCC(c1ccccc1)c1ccccc1)C(=O)O)N1CCCCC1. The van der Waals surface area contributed by atoms with Gasteiger partial charge in [0.1, 0.15) is 23.6 Å². The van der Waals surface area contributed by atoms with E-state index in [0.29, 0.717) is 29.3 Å². The summed E-state index contributed by atoms with van der Waals surface area (Å²) in [6.07, 6.45) is 3.10. The first-order chi connectivity index (χ1) is 21.8. The minimum absolute atomic E-state index is 0.111. The fourth-order valence-electron chi connectivity index (χ4n) is 7.66. The van der Waals surface area contributed by atoms with Gasteiger partial charge in [0.2, 0.25) is 0 Å². The number of hydrogen-bond donors (Lipinski definition) is 2. The fraction of sp³-hybridized carbons (Fsp3) is 0.432. The molecule has 238 valence electrons. The number of carbonyl (C=O) groups is 2. The molecular weight excluding hydrogens is 588 g/mol. The first-order valence-electron chi connectivity index (χ1n) is 16.0. The predicted octanol–water partition coefficient (Wildman–Crippen LogP) is 7.50. The molecule has 1 fully saturated rings. The number of piperidine rings is 1. The molecule has 1 saturated heterocycles. The fourth-order valence-corrected chi connectivity index (χ4v) is 7.85. The number of hydrogen-bond acceptors (Lipinski definition) is 5. The number of nitrogens with zero attached hydrogens (tertiary/aromatic N) is 2. The minimum Gasteiger partial charge on any atom is -0.481 e. The molecule has 7 nitrogen and oxygen atoms in total. The van der Waals surface area contributed by atoms with Crippen molar-refractivity contribution in [1.29, 1.82) is 0 Å². The summed E-state index contributed by atoms with van der Waals surface area (Å²) in [7, 11) is 0. The lowest BCUT2D eigenvalue weighted by Gasteiger charge is -2.52. The van der Waals surface area contributed by atoms with Crippen LogP contribution in [0.1, 0.15) is 74.5 Å². The molecular formula is C37H43ClN2O5. The van der Waals surface area contributed by atoms with Crippen LogP contribution in [0.15, 0.2) is 89.9 Å². The van der Waals surface area contributed by atoms with Gasteiger partial charge >= 0.3 is 11.9 Å². The summed E-state index contributed by atoms with van der Waals surface area (Å²) in [4.78, 5) is 34.5. The van der Waals surface area contributed by atoms with Crippen LogP contribution in [0.25, 0.3) is 0 Å². The molecule has 3 aromatic rings. The van der Waals surface area contributed by atoms with Crippen molar-refractivity contribution in [1.82, 2.24) is 4.90 Å². The maximum absolute atomic E-state index is 14.1. The van der Waals surface area contributed by atoms with E-state index in [4.69, 9.17) is 21.3 Å². The minimum atomic E-state index is -1.62. The molecule has 2 heterocycles. The van der Waals surface area contributed by atoms with Crippen LogP contribution in [0.3, 0.4) is 0 Å². The zero-order valence-electron chi connectivity index (χ0n) is 26.0. The maximum atomic E-state index is 14.1. The van der Waals surface area contributed by atoms with Crippen molar-refractivity contribution in [2.45, 2.75) is 70.1 Å². The molecule has 0 saturated carbocycles. The van der Waals surface area contributed by atoms with Gasteiger partial charge in [-0.2, -0.15) is 0 Å². The van der Waals surface area contributed by atoms with E-state index in [1.165, 1.54) is 0 Å². The van der Waals surface area contributed by atoms with Crippen LogP contribution in [-0.4, -0.2) is 64.7 Å². The number of ether oxygens (including phenoxy) is 1. The third kappa shape index (κ3) is 6.86. The number of halogens is 1. The standard InChI is InChI=1S/C37H43ClN2O5/c1-3-45-34(40-22-11-6-12-23-40)33-37(36(43)44,21-20-30(26-14-7-4-8-15-26)27-16-9-5-10-17-27)32(28-18-13-19-29(38)24-28)31(35(41)42)25(2)39-33/h4-5,7-10,13-19,24,30-34H,3,6,11-12,20-23H2,1-2H3,(H,41,42)(H,43,44). The summed E-state index contributed by atoms with van der Waals surface area (Å²) < 4.78 is 6.44. The molecule has 5 unspecified atom stereocenters. The van der Waals surface area contributed by atoms with E-state index < -0.39 is 41.5 Å². The zero-order valence-corrected chi connectivity index (χ0v) is 26.8. The Kier molecular flexibility index (Phi) is 10.7. The number of likely N-dealkylation sites (tertiary alicyclic amines) is 1. The van der Waals surface area contributed by atoms with Gasteiger partial charge < -0.3 is 14.9 Å². The van der Waals surface area contributed by atoms with Crippen LogP contribution in [0.5, 0.6) is 0 Å². The van der Waals surface area contributed by atoms with Crippen LogP contribution in [0.4, 0.5) is 0 Å². The van der Waals surface area contributed by atoms with Crippen molar-refractivity contribution in [3.63, 3.8) is 0 Å². The zero-order chi connectivity index (χ0) is 32.0. The Morgan fingerprint density at radius 1 is 0.956 bits per heavy atom. The van der Waals surface area contributed by atoms with E-state index >= 15 is 0 Å². The van der Waals surface area contributed by atoms with Crippen molar-refractivity contribution < 1.29 is 24.5 Å². The first-order valence-corrected chi connectivity index (χ1v) is 16.4. The Labute approximate surface area is 270 Å². The number of carboxylic acids is 2. The highest BCUT2D eigenvalue weighted by molar-refractivity contribution is 6.30. The molecule has 5 rings (SSSR count). The van der Waals surface area contributed by atoms with E-state index in [9.17, 15) is 19.8 Å². The smallest absolute Gasteiger partial charge is 0.312 e. The average molecular weight is 631 g/mol. The van der Waals surface area contributed by atoms with Gasteiger partial charge in [0.05, 0.1) is 0 Å². The number of aliphatic imine (C=N–C) groups is 1. The van der Waals surface area contributed by atoms with Crippen LogP contribution < -0.4 is 0 Å². The number of carboxylic acid groups (broad SMARTS) is 2. The Bertz CT molecular complexity index is 1440. The topological polar surface area (TPSA) is 99.4 Å². The van der Waals surface area contributed by atoms with Gasteiger partial charge in [-0.15, -0.1) is 0 Å². The van der Waals surface area contributed by atoms with E-state index in [2.05, 4.69) is 29.2 Å². The normalized spacial score (nSPS) is 24.6. The van der Waals surface area contributed by atoms with Crippen LogP contribution in [-0.2, 0) is 14.3 Å². The summed E-state index contributed by atoms with van der Waals surface area (Å²) >= 11 is 6.50. The molecule has 0 radical (unpaired) electrons. The molecule has 0 bridgehead atoms. The Morgan fingerprint density at radius 2 is 1.58 bits per heavy atom. The number of aliphatic carboxylic acids is 2. The molecule has 0 spiro atoms. The maximum Gasteiger partial charge on any atom is 0.312 e. The molecule has 5 atom stereocenters. The predicted molar refractivity (Wildman–Crippen MR) is 177 cm³/mol. The monoisotopic (exact) mass is 630 g/mol. The summed E-state index contributed by atoms with van der Waals surface area (Å²) in [5.41, 5.74) is 1.51. The highest BCUT2D eigenvalue weighted by atomic mass is 35.5. The summed E-state index contributed by atoms with van der Waals surface area (Å²) in [6, 6.07) is 26.3. The van der Waals surface area contributed by atoms with Gasteiger partial charge in [0.25, 0.3) is 0 Å². The lowest BCUT2D eigenvalue weighted by molar-refractivity contribution is -0.167. The Morgan fingerprint density at radius 3 is 2.11 bits per heavy atom. The lowest BCUT2D eigenvalue weighted by Crippen LogP contribution is -2.62. The van der Waals surface area contributed by atoms with Gasteiger partial charge in [0, 0.05) is 42.3 Å². The molecule has 0 amide bonds. The van der Waals surface area contributed by atoms with Crippen molar-refractivity contribution in [3.8, 4) is 0 Å². The van der Waals surface area contributed by atoms with Crippen LogP contribution in [0, 0.1) is 11.3 Å². The van der Waals surface area contributed by atoms with Crippen molar-refractivity contribution in [2.24, 2.45) is 16.3 Å².